The molecule has 8 heteroatoms. The monoisotopic (exact) mass is 536 g/mol. The summed E-state index contributed by atoms with van der Waals surface area (Å²) in [5.41, 5.74) is 2.64. The molecule has 2 amide bonds. The highest BCUT2D eigenvalue weighted by molar-refractivity contribution is 8.01. The molecule has 200 valence electrons. The first-order valence-electron chi connectivity index (χ1n) is 12.9. The molecular formula is C30H33FN2O4S. The van der Waals surface area contributed by atoms with Gasteiger partial charge in [-0.3, -0.25) is 9.59 Å². The molecule has 0 unspecified atom stereocenters. The predicted molar refractivity (Wildman–Crippen MR) is 148 cm³/mol. The third-order valence-electron chi connectivity index (χ3n) is 6.36. The van der Waals surface area contributed by atoms with Crippen molar-refractivity contribution in [3.63, 3.8) is 0 Å². The van der Waals surface area contributed by atoms with Gasteiger partial charge in [-0.1, -0.05) is 37.3 Å². The topological polar surface area (TPSA) is 67.9 Å². The summed E-state index contributed by atoms with van der Waals surface area (Å²) in [6.45, 7) is 7.47. The molecule has 0 fully saturated rings. The number of carbonyl (C=O) groups is 2. The van der Waals surface area contributed by atoms with Gasteiger partial charge in [0.25, 0.3) is 0 Å². The standard InChI is InChI=1S/C30H33FN2O4S/c1-4-36-25-15-12-21(18-26(25)37-5-2)16-17-32-29(34)20(3)28-30(35)33(19-22-10-13-23(31)14-11-22)24-8-6-7-9-27(24)38-28/h6-15,18,20,28H,4-5,16-17,19H2,1-3H3,(H,32,34)/t20-,28+/m1/s1. The number of hydrogen-bond donors (Lipinski definition) is 1. The number of anilines is 1. The van der Waals surface area contributed by atoms with Gasteiger partial charge in [0.05, 0.1) is 31.4 Å². The van der Waals surface area contributed by atoms with Crippen LogP contribution in [0.25, 0.3) is 0 Å². The zero-order chi connectivity index (χ0) is 27.1. The number of nitrogens with zero attached hydrogens (tertiary/aromatic N) is 1. The van der Waals surface area contributed by atoms with Crippen LogP contribution in [0.3, 0.4) is 0 Å². The molecule has 0 saturated heterocycles. The van der Waals surface area contributed by atoms with Gasteiger partial charge in [-0.2, -0.15) is 0 Å². The third-order valence-corrected chi connectivity index (χ3v) is 7.82. The van der Waals surface area contributed by atoms with E-state index in [1.165, 1.54) is 23.9 Å². The quantitative estimate of drug-likeness (QED) is 0.344. The van der Waals surface area contributed by atoms with Crippen LogP contribution < -0.4 is 19.7 Å². The lowest BCUT2D eigenvalue weighted by Crippen LogP contribution is -2.47. The number of rotatable bonds is 11. The Balaban J connectivity index is 1.42. The molecule has 1 N–H and O–H groups in total. The molecule has 0 aliphatic carbocycles. The first-order chi connectivity index (χ1) is 18.4. The van der Waals surface area contributed by atoms with Gasteiger partial charge < -0.3 is 19.7 Å². The Labute approximate surface area is 227 Å². The summed E-state index contributed by atoms with van der Waals surface area (Å²) in [5, 5.41) is 2.43. The van der Waals surface area contributed by atoms with Crippen molar-refractivity contribution in [2.75, 3.05) is 24.7 Å². The Bertz CT molecular complexity index is 1270. The zero-order valence-electron chi connectivity index (χ0n) is 21.9. The number of benzene rings is 3. The largest absolute Gasteiger partial charge is 0.490 e. The van der Waals surface area contributed by atoms with Crippen molar-refractivity contribution in [1.29, 1.82) is 0 Å². The summed E-state index contributed by atoms with van der Waals surface area (Å²) in [6, 6.07) is 19.6. The van der Waals surface area contributed by atoms with E-state index in [2.05, 4.69) is 5.32 Å². The second-order valence-electron chi connectivity index (χ2n) is 9.03. The van der Waals surface area contributed by atoms with Crippen LogP contribution in [-0.4, -0.2) is 36.8 Å². The van der Waals surface area contributed by atoms with Crippen molar-refractivity contribution in [3.05, 3.63) is 83.7 Å². The van der Waals surface area contributed by atoms with Gasteiger partial charge in [-0.15, -0.1) is 11.8 Å². The molecule has 38 heavy (non-hydrogen) atoms. The molecule has 4 rings (SSSR count). The Morgan fingerprint density at radius 2 is 1.68 bits per heavy atom. The lowest BCUT2D eigenvalue weighted by Gasteiger charge is -2.35. The summed E-state index contributed by atoms with van der Waals surface area (Å²) >= 11 is 1.42. The molecule has 0 saturated carbocycles. The number of thioether (sulfide) groups is 1. The number of carbonyl (C=O) groups excluding carboxylic acids is 2. The second kappa shape index (κ2) is 12.8. The van der Waals surface area contributed by atoms with E-state index in [4.69, 9.17) is 9.47 Å². The van der Waals surface area contributed by atoms with E-state index in [1.54, 1.807) is 24.0 Å². The van der Waals surface area contributed by atoms with Gasteiger partial charge in [0, 0.05) is 11.4 Å². The Morgan fingerprint density at radius 1 is 1.00 bits per heavy atom. The molecule has 2 atom stereocenters. The van der Waals surface area contributed by atoms with Gasteiger partial charge in [0.15, 0.2) is 11.5 Å². The average molecular weight is 537 g/mol. The van der Waals surface area contributed by atoms with Crippen LogP contribution in [0, 0.1) is 11.7 Å². The molecule has 0 radical (unpaired) electrons. The maximum atomic E-state index is 13.6. The van der Waals surface area contributed by atoms with Crippen molar-refractivity contribution in [2.24, 2.45) is 5.92 Å². The summed E-state index contributed by atoms with van der Waals surface area (Å²) in [5.74, 6) is 0.222. The maximum Gasteiger partial charge on any atom is 0.241 e. The average Bonchev–Trinajstić information content (AvgIpc) is 2.92. The van der Waals surface area contributed by atoms with E-state index in [1.807, 2.05) is 56.3 Å². The van der Waals surface area contributed by atoms with Crippen LogP contribution in [0.15, 0.2) is 71.6 Å². The number of amides is 2. The Kier molecular flexibility index (Phi) is 9.29. The van der Waals surface area contributed by atoms with E-state index in [0.717, 1.165) is 21.7 Å². The number of fused-ring (bicyclic) bond motifs is 1. The summed E-state index contributed by atoms with van der Waals surface area (Å²) in [7, 11) is 0. The summed E-state index contributed by atoms with van der Waals surface area (Å²) < 4.78 is 24.7. The van der Waals surface area contributed by atoms with Gasteiger partial charge in [0.2, 0.25) is 11.8 Å². The van der Waals surface area contributed by atoms with Crippen LogP contribution >= 0.6 is 11.8 Å². The van der Waals surface area contributed by atoms with Crippen molar-refractivity contribution < 1.29 is 23.5 Å². The smallest absolute Gasteiger partial charge is 0.241 e. The molecule has 0 aromatic heterocycles. The number of hydrogen-bond acceptors (Lipinski definition) is 5. The normalized spacial score (nSPS) is 15.5. The van der Waals surface area contributed by atoms with Crippen molar-refractivity contribution in [3.8, 4) is 11.5 Å². The van der Waals surface area contributed by atoms with Gasteiger partial charge >= 0.3 is 0 Å². The second-order valence-corrected chi connectivity index (χ2v) is 10.2. The van der Waals surface area contributed by atoms with Crippen LogP contribution in [0.5, 0.6) is 11.5 Å². The van der Waals surface area contributed by atoms with E-state index < -0.39 is 11.2 Å². The number of ether oxygens (including phenoxy) is 2. The molecule has 1 heterocycles. The molecule has 0 spiro atoms. The van der Waals surface area contributed by atoms with Crippen molar-refractivity contribution >= 4 is 29.3 Å². The van der Waals surface area contributed by atoms with E-state index in [-0.39, 0.29) is 17.6 Å². The highest BCUT2D eigenvalue weighted by Crippen LogP contribution is 2.42. The minimum atomic E-state index is -0.569. The lowest BCUT2D eigenvalue weighted by atomic mass is 10.0. The maximum absolute atomic E-state index is 13.6. The van der Waals surface area contributed by atoms with Gasteiger partial charge in [-0.25, -0.2) is 4.39 Å². The van der Waals surface area contributed by atoms with Gasteiger partial charge in [-0.05, 0) is 67.8 Å². The molecule has 1 aliphatic rings. The molecule has 0 bridgehead atoms. The predicted octanol–water partition coefficient (Wildman–Crippen LogP) is 5.63. The Morgan fingerprint density at radius 3 is 2.42 bits per heavy atom. The number of para-hydroxylation sites is 1. The molecule has 3 aromatic carbocycles. The third kappa shape index (κ3) is 6.48. The highest BCUT2D eigenvalue weighted by atomic mass is 32.2. The van der Waals surface area contributed by atoms with E-state index >= 15 is 0 Å². The van der Waals surface area contributed by atoms with Crippen LogP contribution in [0.2, 0.25) is 0 Å². The number of halogens is 1. The fourth-order valence-corrected chi connectivity index (χ4v) is 5.66. The fraction of sp³-hybridized carbons (Fsp3) is 0.333. The first kappa shape index (κ1) is 27.5. The molecule has 1 aliphatic heterocycles. The Hall–Kier alpha value is -3.52. The molecule has 3 aromatic rings. The SMILES string of the molecule is CCOc1ccc(CCNC(=O)[C@H](C)[C@@H]2Sc3ccccc3N(Cc3ccc(F)cc3)C2=O)cc1OCC. The first-order valence-corrected chi connectivity index (χ1v) is 13.8. The van der Waals surface area contributed by atoms with Gasteiger partial charge in [0.1, 0.15) is 11.1 Å². The van der Waals surface area contributed by atoms with Crippen molar-refractivity contribution in [1.82, 2.24) is 5.32 Å². The highest BCUT2D eigenvalue weighted by Gasteiger charge is 2.39. The summed E-state index contributed by atoms with van der Waals surface area (Å²) in [4.78, 5) is 29.4. The zero-order valence-corrected chi connectivity index (χ0v) is 22.7. The van der Waals surface area contributed by atoms with Crippen LogP contribution in [-0.2, 0) is 22.6 Å². The van der Waals surface area contributed by atoms with Crippen LogP contribution in [0.4, 0.5) is 10.1 Å². The van der Waals surface area contributed by atoms with E-state index in [0.29, 0.717) is 44.2 Å². The van der Waals surface area contributed by atoms with E-state index in [9.17, 15) is 14.0 Å². The molecule has 6 nitrogen and oxygen atoms in total. The summed E-state index contributed by atoms with van der Waals surface area (Å²) in [6.07, 6.45) is 0.621. The number of nitrogens with one attached hydrogen (secondary N) is 1. The lowest BCUT2D eigenvalue weighted by molar-refractivity contribution is -0.128. The fourth-order valence-electron chi connectivity index (χ4n) is 4.37. The minimum Gasteiger partial charge on any atom is -0.490 e. The van der Waals surface area contributed by atoms with Crippen molar-refractivity contribution in [2.45, 2.75) is 43.9 Å². The minimum absolute atomic E-state index is 0.131. The molecular weight excluding hydrogens is 503 g/mol. The van der Waals surface area contributed by atoms with Crippen LogP contribution in [0.1, 0.15) is 31.9 Å².